The van der Waals surface area contributed by atoms with Gasteiger partial charge in [-0.1, -0.05) is 204 Å². The van der Waals surface area contributed by atoms with Crippen LogP contribution in [-0.2, 0) is 10.8 Å². The van der Waals surface area contributed by atoms with E-state index in [0.29, 0.717) is 0 Å². The molecule has 0 bridgehead atoms. The number of rotatable bonds is 7. The number of hydrogen-bond donors (Lipinski definition) is 0. The van der Waals surface area contributed by atoms with Gasteiger partial charge < -0.3 is 4.90 Å². The van der Waals surface area contributed by atoms with Crippen molar-refractivity contribution in [3.8, 4) is 66.8 Å². The van der Waals surface area contributed by atoms with Crippen LogP contribution >= 0.6 is 0 Å². The van der Waals surface area contributed by atoms with E-state index in [-0.39, 0.29) is 10.8 Å². The molecular formula is C60H47N. The van der Waals surface area contributed by atoms with Gasteiger partial charge in [0.25, 0.3) is 0 Å². The lowest BCUT2D eigenvalue weighted by Gasteiger charge is -2.28. The number of anilines is 3. The van der Waals surface area contributed by atoms with E-state index in [4.69, 9.17) is 0 Å². The van der Waals surface area contributed by atoms with Gasteiger partial charge in [-0.3, -0.25) is 0 Å². The van der Waals surface area contributed by atoms with Crippen LogP contribution in [-0.4, -0.2) is 0 Å². The zero-order chi connectivity index (χ0) is 41.3. The van der Waals surface area contributed by atoms with Crippen molar-refractivity contribution >= 4 is 17.1 Å². The summed E-state index contributed by atoms with van der Waals surface area (Å²) in [5, 5.41) is 0. The Hall–Kier alpha value is -7.22. The van der Waals surface area contributed by atoms with Gasteiger partial charge in [-0.25, -0.2) is 0 Å². The first-order chi connectivity index (χ1) is 29.8. The van der Waals surface area contributed by atoms with E-state index >= 15 is 0 Å². The van der Waals surface area contributed by atoms with Crippen molar-refractivity contribution in [2.45, 2.75) is 38.5 Å². The third kappa shape index (κ3) is 5.91. The van der Waals surface area contributed by atoms with Crippen molar-refractivity contribution in [2.24, 2.45) is 0 Å². The fourth-order valence-electron chi connectivity index (χ4n) is 10.6. The molecule has 0 aromatic heterocycles. The standard InChI is InChI=1S/C60H47N/c1-59(2)55-32-12-10-26-51(55)53-30-16-28-49(57(53)59)42-20-14-22-45(38-42)61(44-36-34-41(35-37-44)48-25-9-8-24-47(48)40-18-6-5-7-19-40)46-23-15-21-43(39-46)50-29-17-31-54-52-27-11-13-33-56(52)60(3,4)58(50)54/h5-39H,1-4H3. The van der Waals surface area contributed by atoms with Gasteiger partial charge in [0.1, 0.15) is 0 Å². The molecule has 292 valence electrons. The Labute approximate surface area is 360 Å². The first kappa shape index (κ1) is 36.8. The molecule has 0 heterocycles. The molecule has 0 unspecified atom stereocenters. The van der Waals surface area contributed by atoms with Crippen LogP contribution in [0.3, 0.4) is 0 Å². The summed E-state index contributed by atoms with van der Waals surface area (Å²) >= 11 is 0. The highest BCUT2D eigenvalue weighted by molar-refractivity contribution is 5.92. The second-order valence-electron chi connectivity index (χ2n) is 17.7. The average Bonchev–Trinajstić information content (AvgIpc) is 3.70. The molecule has 1 heteroatoms. The lowest BCUT2D eigenvalue weighted by molar-refractivity contribution is 0.662. The van der Waals surface area contributed by atoms with Crippen molar-refractivity contribution < 1.29 is 0 Å². The molecule has 0 amide bonds. The Balaban J connectivity index is 1.06. The van der Waals surface area contributed by atoms with Gasteiger partial charge in [-0.2, -0.15) is 0 Å². The number of nitrogens with zero attached hydrogens (tertiary/aromatic N) is 1. The maximum Gasteiger partial charge on any atom is 0.0467 e. The zero-order valence-corrected chi connectivity index (χ0v) is 35.2. The normalized spacial score (nSPS) is 13.8. The van der Waals surface area contributed by atoms with E-state index in [9.17, 15) is 0 Å². The second kappa shape index (κ2) is 14.2. The van der Waals surface area contributed by atoms with E-state index in [1.165, 1.54) is 89.0 Å². The van der Waals surface area contributed by atoms with Crippen molar-refractivity contribution in [1.82, 2.24) is 0 Å². The lowest BCUT2D eigenvalue weighted by atomic mass is 9.79. The van der Waals surface area contributed by atoms with Gasteiger partial charge in [0.2, 0.25) is 0 Å². The van der Waals surface area contributed by atoms with Gasteiger partial charge in [0, 0.05) is 27.9 Å². The molecule has 0 saturated heterocycles. The van der Waals surface area contributed by atoms with Crippen LogP contribution in [0.2, 0.25) is 0 Å². The molecular weight excluding hydrogens is 735 g/mol. The summed E-state index contributed by atoms with van der Waals surface area (Å²) in [7, 11) is 0. The SMILES string of the molecule is CC1(C)c2ccccc2-c2cccc(-c3cccc(N(c4ccc(-c5ccccc5-c5ccccc5)cc4)c4cccc(-c5cccc6c5C(C)(C)c5ccccc5-6)c4)c3)c21. The van der Waals surface area contributed by atoms with Crippen molar-refractivity contribution in [2.75, 3.05) is 4.90 Å². The molecule has 2 aliphatic rings. The molecule has 11 rings (SSSR count). The Kier molecular flexibility index (Phi) is 8.58. The van der Waals surface area contributed by atoms with Crippen LogP contribution in [0.15, 0.2) is 212 Å². The summed E-state index contributed by atoms with van der Waals surface area (Å²) in [6, 6.07) is 78.4. The fourth-order valence-corrected chi connectivity index (χ4v) is 10.6. The summed E-state index contributed by atoms with van der Waals surface area (Å²) in [5.74, 6) is 0. The molecule has 0 fully saturated rings. The molecule has 1 nitrogen and oxygen atoms in total. The van der Waals surface area contributed by atoms with E-state index in [1.807, 2.05) is 0 Å². The van der Waals surface area contributed by atoms with Crippen molar-refractivity contribution in [3.05, 3.63) is 235 Å². The minimum Gasteiger partial charge on any atom is -0.310 e. The summed E-state index contributed by atoms with van der Waals surface area (Å²) < 4.78 is 0. The maximum atomic E-state index is 2.44. The van der Waals surface area contributed by atoms with E-state index in [0.717, 1.165) is 17.1 Å². The number of fused-ring (bicyclic) bond motifs is 6. The van der Waals surface area contributed by atoms with Crippen molar-refractivity contribution in [1.29, 1.82) is 0 Å². The molecule has 2 aliphatic carbocycles. The topological polar surface area (TPSA) is 3.24 Å². The molecule has 9 aromatic carbocycles. The van der Waals surface area contributed by atoms with Gasteiger partial charge >= 0.3 is 0 Å². The number of hydrogen-bond acceptors (Lipinski definition) is 1. The van der Waals surface area contributed by atoms with Crippen LogP contribution in [0, 0.1) is 0 Å². The Morgan fingerprint density at radius 1 is 0.262 bits per heavy atom. The Morgan fingerprint density at radius 3 is 1.11 bits per heavy atom. The second-order valence-corrected chi connectivity index (χ2v) is 17.7. The molecule has 9 aromatic rings. The largest absolute Gasteiger partial charge is 0.310 e. The lowest BCUT2D eigenvalue weighted by Crippen LogP contribution is -2.16. The van der Waals surface area contributed by atoms with Gasteiger partial charge in [-0.15, -0.1) is 0 Å². The first-order valence-electron chi connectivity index (χ1n) is 21.5. The Bertz CT molecular complexity index is 2980. The molecule has 0 spiro atoms. The van der Waals surface area contributed by atoms with Crippen molar-refractivity contribution in [3.63, 3.8) is 0 Å². The summed E-state index contributed by atoms with van der Waals surface area (Å²) in [6.45, 7) is 9.50. The van der Waals surface area contributed by atoms with Crippen LogP contribution in [0.25, 0.3) is 66.8 Å². The van der Waals surface area contributed by atoms with E-state index in [2.05, 4.69) is 245 Å². The van der Waals surface area contributed by atoms with Crippen LogP contribution in [0.4, 0.5) is 17.1 Å². The molecule has 0 saturated carbocycles. The molecule has 61 heavy (non-hydrogen) atoms. The zero-order valence-electron chi connectivity index (χ0n) is 35.2. The smallest absolute Gasteiger partial charge is 0.0467 e. The molecule has 0 aliphatic heterocycles. The maximum absolute atomic E-state index is 2.44. The quantitative estimate of drug-likeness (QED) is 0.156. The summed E-state index contributed by atoms with van der Waals surface area (Å²) in [5.41, 5.74) is 23.8. The number of benzene rings is 9. The third-order valence-electron chi connectivity index (χ3n) is 13.4. The summed E-state index contributed by atoms with van der Waals surface area (Å²) in [4.78, 5) is 2.44. The highest BCUT2D eigenvalue weighted by Crippen LogP contribution is 2.54. The third-order valence-corrected chi connectivity index (χ3v) is 13.4. The molecule has 0 N–H and O–H groups in total. The minimum atomic E-state index is -0.123. The predicted octanol–water partition coefficient (Wildman–Crippen LogP) is 16.4. The Morgan fingerprint density at radius 2 is 0.623 bits per heavy atom. The minimum absolute atomic E-state index is 0.123. The first-order valence-corrected chi connectivity index (χ1v) is 21.5. The monoisotopic (exact) mass is 781 g/mol. The van der Waals surface area contributed by atoms with Gasteiger partial charge in [0.15, 0.2) is 0 Å². The average molecular weight is 782 g/mol. The van der Waals surface area contributed by atoms with E-state index < -0.39 is 0 Å². The van der Waals surface area contributed by atoms with Crippen LogP contribution in [0.1, 0.15) is 49.9 Å². The van der Waals surface area contributed by atoms with Crippen LogP contribution in [0.5, 0.6) is 0 Å². The highest BCUT2D eigenvalue weighted by atomic mass is 15.1. The van der Waals surface area contributed by atoms with Crippen LogP contribution < -0.4 is 4.90 Å². The van der Waals surface area contributed by atoms with Gasteiger partial charge in [-0.05, 0) is 125 Å². The summed E-state index contributed by atoms with van der Waals surface area (Å²) in [6.07, 6.45) is 0. The molecule has 0 atom stereocenters. The fraction of sp³-hybridized carbons (Fsp3) is 0.100. The van der Waals surface area contributed by atoms with Gasteiger partial charge in [0.05, 0.1) is 0 Å². The van der Waals surface area contributed by atoms with E-state index in [1.54, 1.807) is 0 Å². The highest BCUT2D eigenvalue weighted by Gasteiger charge is 2.38. The molecule has 0 radical (unpaired) electrons. The predicted molar refractivity (Wildman–Crippen MR) is 258 cm³/mol.